The van der Waals surface area contributed by atoms with Gasteiger partial charge in [-0.2, -0.15) is 4.98 Å². The Morgan fingerprint density at radius 3 is 2.77 bits per heavy atom. The highest BCUT2D eigenvalue weighted by Crippen LogP contribution is 2.34. The summed E-state index contributed by atoms with van der Waals surface area (Å²) >= 11 is 1.32. The third-order valence-electron chi connectivity index (χ3n) is 4.75. The summed E-state index contributed by atoms with van der Waals surface area (Å²) in [6.45, 7) is 5.64. The van der Waals surface area contributed by atoms with Crippen LogP contribution in [0.4, 0.5) is 4.39 Å². The minimum Gasteiger partial charge on any atom is -0.338 e. The molecule has 8 heteroatoms. The van der Waals surface area contributed by atoms with Crippen LogP contribution in [-0.2, 0) is 6.42 Å². The Hall–Kier alpha value is -3.00. The molecule has 0 radical (unpaired) electrons. The van der Waals surface area contributed by atoms with Gasteiger partial charge in [-0.3, -0.25) is 9.36 Å². The van der Waals surface area contributed by atoms with Gasteiger partial charge in [0.2, 0.25) is 5.89 Å². The van der Waals surface area contributed by atoms with Gasteiger partial charge in [0.1, 0.15) is 5.82 Å². The molecule has 30 heavy (non-hydrogen) atoms. The van der Waals surface area contributed by atoms with Gasteiger partial charge in [0.25, 0.3) is 5.56 Å². The van der Waals surface area contributed by atoms with Crippen LogP contribution in [0.15, 0.2) is 56.9 Å². The predicted octanol–water partition coefficient (Wildman–Crippen LogP) is 5.02. The van der Waals surface area contributed by atoms with Crippen molar-refractivity contribution in [2.24, 2.45) is 0 Å². The van der Waals surface area contributed by atoms with Crippen LogP contribution in [0.25, 0.3) is 16.6 Å². The third kappa shape index (κ3) is 3.87. The van der Waals surface area contributed by atoms with Gasteiger partial charge in [-0.25, -0.2) is 9.37 Å². The second-order valence-electron chi connectivity index (χ2n) is 7.04. The van der Waals surface area contributed by atoms with Gasteiger partial charge < -0.3 is 4.52 Å². The molecule has 154 valence electrons. The van der Waals surface area contributed by atoms with Crippen LogP contribution < -0.4 is 5.56 Å². The number of fused-ring (bicyclic) bond motifs is 1. The number of aromatic nitrogens is 4. The highest BCUT2D eigenvalue weighted by molar-refractivity contribution is 7.99. The van der Waals surface area contributed by atoms with Gasteiger partial charge in [0.15, 0.2) is 11.0 Å². The van der Waals surface area contributed by atoms with Crippen molar-refractivity contribution >= 4 is 22.7 Å². The summed E-state index contributed by atoms with van der Waals surface area (Å²) in [7, 11) is 0. The Morgan fingerprint density at radius 2 is 2.00 bits per heavy atom. The van der Waals surface area contributed by atoms with Crippen LogP contribution >= 0.6 is 11.8 Å². The van der Waals surface area contributed by atoms with Crippen molar-refractivity contribution in [2.45, 2.75) is 44.0 Å². The molecule has 1 atom stereocenters. The number of rotatable bonds is 6. The minimum atomic E-state index is -0.377. The van der Waals surface area contributed by atoms with Gasteiger partial charge in [-0.05, 0) is 50.1 Å². The zero-order valence-electron chi connectivity index (χ0n) is 16.9. The first-order valence-corrected chi connectivity index (χ1v) is 10.6. The Kier molecular flexibility index (Phi) is 5.67. The molecule has 0 amide bonds. The maximum Gasteiger partial charge on any atom is 0.266 e. The van der Waals surface area contributed by atoms with E-state index in [0.717, 1.165) is 12.8 Å². The van der Waals surface area contributed by atoms with E-state index >= 15 is 0 Å². The van der Waals surface area contributed by atoms with Gasteiger partial charge in [0, 0.05) is 6.42 Å². The molecule has 0 bridgehead atoms. The van der Waals surface area contributed by atoms with Crippen LogP contribution in [-0.4, -0.2) is 19.7 Å². The standard InChI is InChI=1S/C22H21FN4O2S/c1-4-7-19-25-20(29-26-19)14(3)30-22-24-18-9-6-5-8-16(18)21(28)27(22)15-11-10-13(2)17(23)12-15/h5-6,8-12,14H,4,7H2,1-3H3/t14-/m0/s1. The first-order valence-electron chi connectivity index (χ1n) is 9.75. The summed E-state index contributed by atoms with van der Waals surface area (Å²) in [5.41, 5.74) is 1.26. The molecule has 6 nitrogen and oxygen atoms in total. The number of halogens is 1. The third-order valence-corrected chi connectivity index (χ3v) is 5.79. The van der Waals surface area contributed by atoms with Crippen molar-refractivity contribution in [3.63, 3.8) is 0 Å². The molecule has 0 aliphatic carbocycles. The zero-order chi connectivity index (χ0) is 21.3. The molecule has 0 aliphatic heterocycles. The SMILES string of the molecule is CCCc1noc([C@H](C)Sc2nc3ccccc3c(=O)n2-c2ccc(C)c(F)c2)n1. The van der Waals surface area contributed by atoms with Crippen molar-refractivity contribution in [3.05, 3.63) is 75.9 Å². The first kappa shape index (κ1) is 20.3. The smallest absolute Gasteiger partial charge is 0.266 e. The summed E-state index contributed by atoms with van der Waals surface area (Å²) in [5.74, 6) is 0.745. The number of thioether (sulfide) groups is 1. The first-order chi connectivity index (χ1) is 14.5. The average Bonchev–Trinajstić information content (AvgIpc) is 3.20. The van der Waals surface area contributed by atoms with Gasteiger partial charge in [0.05, 0.1) is 21.8 Å². The van der Waals surface area contributed by atoms with Crippen molar-refractivity contribution in [1.29, 1.82) is 0 Å². The lowest BCUT2D eigenvalue weighted by molar-refractivity contribution is 0.374. The lowest BCUT2D eigenvalue weighted by Crippen LogP contribution is -2.22. The Bertz CT molecular complexity index is 1270. The molecule has 0 unspecified atom stereocenters. The predicted molar refractivity (Wildman–Crippen MR) is 115 cm³/mol. The quantitative estimate of drug-likeness (QED) is 0.320. The van der Waals surface area contributed by atoms with E-state index in [2.05, 4.69) is 15.1 Å². The molecule has 4 rings (SSSR count). The van der Waals surface area contributed by atoms with E-state index in [1.54, 1.807) is 37.3 Å². The van der Waals surface area contributed by atoms with Crippen LogP contribution in [0, 0.1) is 12.7 Å². The molecule has 2 aromatic heterocycles. The normalized spacial score (nSPS) is 12.4. The summed E-state index contributed by atoms with van der Waals surface area (Å²) < 4.78 is 21.1. The number of benzene rings is 2. The monoisotopic (exact) mass is 424 g/mol. The molecule has 0 saturated heterocycles. The summed E-state index contributed by atoms with van der Waals surface area (Å²) in [6.07, 6.45) is 1.66. The minimum absolute atomic E-state index is 0.238. The van der Waals surface area contributed by atoms with E-state index in [1.807, 2.05) is 19.9 Å². The van der Waals surface area contributed by atoms with Crippen LogP contribution in [0.1, 0.15) is 42.8 Å². The number of aryl methyl sites for hydroxylation is 2. The Morgan fingerprint density at radius 1 is 1.20 bits per heavy atom. The van der Waals surface area contributed by atoms with Crippen LogP contribution in [0.2, 0.25) is 0 Å². The van der Waals surface area contributed by atoms with E-state index in [0.29, 0.717) is 39.0 Å². The second kappa shape index (κ2) is 8.39. The lowest BCUT2D eigenvalue weighted by Gasteiger charge is -2.15. The van der Waals surface area contributed by atoms with Crippen molar-refractivity contribution in [3.8, 4) is 5.69 Å². The highest BCUT2D eigenvalue weighted by Gasteiger charge is 2.21. The molecular formula is C22H21FN4O2S. The fourth-order valence-electron chi connectivity index (χ4n) is 3.11. The number of hydrogen-bond acceptors (Lipinski definition) is 6. The van der Waals surface area contributed by atoms with Gasteiger partial charge in [-0.15, -0.1) is 0 Å². The molecular weight excluding hydrogens is 403 g/mol. The fourth-order valence-corrected chi connectivity index (χ4v) is 4.06. The molecule has 0 saturated carbocycles. The van der Waals surface area contributed by atoms with Crippen molar-refractivity contribution < 1.29 is 8.91 Å². The molecule has 0 fully saturated rings. The van der Waals surface area contributed by atoms with Crippen LogP contribution in [0.5, 0.6) is 0 Å². The van der Waals surface area contributed by atoms with Gasteiger partial charge >= 0.3 is 0 Å². The maximum atomic E-state index is 14.3. The highest BCUT2D eigenvalue weighted by atomic mass is 32.2. The number of nitrogens with zero attached hydrogens (tertiary/aromatic N) is 4. The second-order valence-corrected chi connectivity index (χ2v) is 8.35. The Labute approximate surface area is 177 Å². The van der Waals surface area contributed by atoms with Crippen molar-refractivity contribution in [2.75, 3.05) is 0 Å². The van der Waals surface area contributed by atoms with Crippen LogP contribution in [0.3, 0.4) is 0 Å². The summed E-state index contributed by atoms with van der Waals surface area (Å²) in [5, 5.41) is 4.67. The maximum absolute atomic E-state index is 14.3. The molecule has 4 aromatic rings. The largest absolute Gasteiger partial charge is 0.338 e. The van der Waals surface area contributed by atoms with E-state index in [-0.39, 0.29) is 16.6 Å². The van der Waals surface area contributed by atoms with E-state index in [4.69, 9.17) is 4.52 Å². The van der Waals surface area contributed by atoms with Gasteiger partial charge in [-0.1, -0.05) is 42.0 Å². The summed E-state index contributed by atoms with van der Waals surface area (Å²) in [4.78, 5) is 22.4. The molecule has 0 spiro atoms. The number of para-hydroxylation sites is 1. The topological polar surface area (TPSA) is 73.8 Å². The molecule has 0 aliphatic rings. The number of hydrogen-bond donors (Lipinski definition) is 0. The van der Waals surface area contributed by atoms with E-state index in [1.165, 1.54) is 22.4 Å². The fraction of sp³-hybridized carbons (Fsp3) is 0.273. The van der Waals surface area contributed by atoms with E-state index < -0.39 is 0 Å². The Balaban J connectivity index is 1.82. The zero-order valence-corrected chi connectivity index (χ0v) is 17.7. The molecule has 0 N–H and O–H groups in total. The molecule has 2 aromatic carbocycles. The van der Waals surface area contributed by atoms with Crippen molar-refractivity contribution in [1.82, 2.24) is 19.7 Å². The summed E-state index contributed by atoms with van der Waals surface area (Å²) in [6, 6.07) is 11.9. The lowest BCUT2D eigenvalue weighted by atomic mass is 10.2. The average molecular weight is 425 g/mol. The molecule has 2 heterocycles. The van der Waals surface area contributed by atoms with E-state index in [9.17, 15) is 9.18 Å².